The molecule has 1 fully saturated rings. The predicted octanol–water partition coefficient (Wildman–Crippen LogP) is 3.61. The van der Waals surface area contributed by atoms with Gasteiger partial charge >= 0.3 is 0 Å². The van der Waals surface area contributed by atoms with Gasteiger partial charge in [-0.25, -0.2) is 0 Å². The van der Waals surface area contributed by atoms with Gasteiger partial charge in [-0.05, 0) is 35.9 Å². The third kappa shape index (κ3) is 2.99. The highest BCUT2D eigenvalue weighted by Crippen LogP contribution is 2.49. The molecule has 20 heavy (non-hydrogen) atoms. The van der Waals surface area contributed by atoms with Crippen LogP contribution in [0, 0.1) is 0 Å². The lowest BCUT2D eigenvalue weighted by molar-refractivity contribution is -0.116. The van der Waals surface area contributed by atoms with Crippen molar-refractivity contribution in [1.82, 2.24) is 5.32 Å². The number of benzene rings is 1. The molecule has 0 aliphatic heterocycles. The van der Waals surface area contributed by atoms with Gasteiger partial charge in [0, 0.05) is 22.9 Å². The Kier molecular flexibility index (Phi) is 3.70. The molecule has 2 aromatic rings. The number of thiophene rings is 1. The van der Waals surface area contributed by atoms with Crippen molar-refractivity contribution in [3.8, 4) is 0 Å². The minimum atomic E-state index is -0.0170. The fraction of sp³-hybridized carbons (Fsp3) is 0.235. The Morgan fingerprint density at radius 3 is 2.65 bits per heavy atom. The van der Waals surface area contributed by atoms with Gasteiger partial charge in [-0.1, -0.05) is 36.4 Å². The maximum Gasteiger partial charge on any atom is 0.244 e. The van der Waals surface area contributed by atoms with Gasteiger partial charge in [0.15, 0.2) is 0 Å². The van der Waals surface area contributed by atoms with Gasteiger partial charge in [0.25, 0.3) is 0 Å². The molecule has 1 heterocycles. The summed E-state index contributed by atoms with van der Waals surface area (Å²) in [7, 11) is 0. The van der Waals surface area contributed by atoms with Crippen LogP contribution in [0.2, 0.25) is 0 Å². The van der Waals surface area contributed by atoms with E-state index in [1.165, 1.54) is 17.7 Å². The molecule has 102 valence electrons. The molecule has 0 radical (unpaired) electrons. The Bertz CT molecular complexity index is 597. The number of carbonyl (C=O) groups excluding carboxylic acids is 1. The van der Waals surface area contributed by atoms with Crippen molar-refractivity contribution in [2.75, 3.05) is 6.54 Å². The van der Waals surface area contributed by atoms with Crippen LogP contribution in [0.25, 0.3) is 6.08 Å². The van der Waals surface area contributed by atoms with Crippen LogP contribution in [0.4, 0.5) is 0 Å². The maximum absolute atomic E-state index is 11.9. The lowest BCUT2D eigenvalue weighted by Crippen LogP contribution is -2.30. The van der Waals surface area contributed by atoms with Crippen LogP contribution < -0.4 is 5.32 Å². The molecular formula is C17H17NOS. The fourth-order valence-electron chi connectivity index (χ4n) is 2.29. The van der Waals surface area contributed by atoms with Crippen molar-refractivity contribution in [3.63, 3.8) is 0 Å². The summed E-state index contributed by atoms with van der Waals surface area (Å²) in [6.45, 7) is 0.742. The first-order valence-corrected chi connectivity index (χ1v) is 7.71. The summed E-state index contributed by atoms with van der Waals surface area (Å²) in [5.74, 6) is -0.0170. The standard InChI is InChI=1S/C17H17NOS/c19-16(9-8-14-5-2-1-3-6-14)18-13-17(10-11-17)15-7-4-12-20-15/h1-9,12H,10-11,13H2,(H,18,19). The summed E-state index contributed by atoms with van der Waals surface area (Å²) in [6.07, 6.45) is 5.81. The molecule has 0 unspecified atom stereocenters. The molecule has 2 nitrogen and oxygen atoms in total. The number of carbonyl (C=O) groups is 1. The fourth-order valence-corrected chi connectivity index (χ4v) is 3.28. The van der Waals surface area contributed by atoms with E-state index in [0.29, 0.717) is 0 Å². The monoisotopic (exact) mass is 283 g/mol. The van der Waals surface area contributed by atoms with Gasteiger partial charge in [-0.2, -0.15) is 0 Å². The minimum Gasteiger partial charge on any atom is -0.352 e. The van der Waals surface area contributed by atoms with Crippen LogP contribution in [-0.2, 0) is 10.2 Å². The molecule has 1 aliphatic rings. The van der Waals surface area contributed by atoms with E-state index in [1.54, 1.807) is 17.4 Å². The summed E-state index contributed by atoms with van der Waals surface area (Å²) in [5, 5.41) is 5.13. The van der Waals surface area contributed by atoms with Gasteiger partial charge in [-0.3, -0.25) is 4.79 Å². The number of amides is 1. The smallest absolute Gasteiger partial charge is 0.244 e. The lowest BCUT2D eigenvalue weighted by atomic mass is 10.1. The Labute approximate surface area is 123 Å². The Morgan fingerprint density at radius 1 is 1.20 bits per heavy atom. The highest BCUT2D eigenvalue weighted by molar-refractivity contribution is 7.10. The highest BCUT2D eigenvalue weighted by atomic mass is 32.1. The zero-order valence-corrected chi connectivity index (χ0v) is 12.0. The van der Waals surface area contributed by atoms with Crippen molar-refractivity contribution in [3.05, 3.63) is 64.4 Å². The number of hydrogen-bond donors (Lipinski definition) is 1. The average Bonchev–Trinajstić information content (AvgIpc) is 3.07. The van der Waals surface area contributed by atoms with Crippen LogP contribution in [0.5, 0.6) is 0 Å². The molecule has 1 amide bonds. The second-order valence-electron chi connectivity index (χ2n) is 5.22. The molecule has 1 N–H and O–H groups in total. The highest BCUT2D eigenvalue weighted by Gasteiger charge is 2.45. The van der Waals surface area contributed by atoms with Crippen LogP contribution in [-0.4, -0.2) is 12.5 Å². The first-order valence-electron chi connectivity index (χ1n) is 6.83. The normalized spacial score (nSPS) is 16.2. The van der Waals surface area contributed by atoms with Crippen molar-refractivity contribution in [1.29, 1.82) is 0 Å². The average molecular weight is 283 g/mol. The van der Waals surface area contributed by atoms with Crippen LogP contribution in [0.3, 0.4) is 0 Å². The zero-order chi connectivity index (χ0) is 13.8. The molecule has 1 saturated carbocycles. The molecule has 1 aromatic carbocycles. The maximum atomic E-state index is 11.9. The molecule has 3 heteroatoms. The quantitative estimate of drug-likeness (QED) is 0.834. The van der Waals surface area contributed by atoms with Crippen LogP contribution in [0.15, 0.2) is 53.9 Å². The molecule has 1 aromatic heterocycles. The Balaban J connectivity index is 1.54. The molecule has 0 atom stereocenters. The summed E-state index contributed by atoms with van der Waals surface area (Å²) < 4.78 is 0. The zero-order valence-electron chi connectivity index (χ0n) is 11.2. The molecular weight excluding hydrogens is 266 g/mol. The Morgan fingerprint density at radius 2 is 2.00 bits per heavy atom. The van der Waals surface area contributed by atoms with Gasteiger partial charge in [0.2, 0.25) is 5.91 Å². The Hall–Kier alpha value is -1.87. The number of rotatable bonds is 5. The van der Waals surface area contributed by atoms with E-state index in [4.69, 9.17) is 0 Å². The SMILES string of the molecule is O=C(C=Cc1ccccc1)NCC1(c2cccs2)CC1. The van der Waals surface area contributed by atoms with Crippen molar-refractivity contribution < 1.29 is 4.79 Å². The van der Waals surface area contributed by atoms with Crippen molar-refractivity contribution >= 4 is 23.3 Å². The number of hydrogen-bond acceptors (Lipinski definition) is 2. The minimum absolute atomic E-state index is 0.0170. The third-order valence-electron chi connectivity index (χ3n) is 3.73. The summed E-state index contributed by atoms with van der Waals surface area (Å²) in [5.41, 5.74) is 1.26. The summed E-state index contributed by atoms with van der Waals surface area (Å²) in [4.78, 5) is 13.3. The third-order valence-corrected chi connectivity index (χ3v) is 4.84. The van der Waals surface area contributed by atoms with E-state index < -0.39 is 0 Å². The van der Waals surface area contributed by atoms with E-state index in [9.17, 15) is 4.79 Å². The first kappa shape index (κ1) is 13.1. The summed E-state index contributed by atoms with van der Waals surface area (Å²) in [6, 6.07) is 14.1. The van der Waals surface area contributed by atoms with Crippen LogP contribution in [0.1, 0.15) is 23.3 Å². The van der Waals surface area contributed by atoms with Gasteiger partial charge in [-0.15, -0.1) is 11.3 Å². The molecule has 1 aliphatic carbocycles. The second-order valence-corrected chi connectivity index (χ2v) is 6.17. The van der Waals surface area contributed by atoms with Crippen molar-refractivity contribution in [2.45, 2.75) is 18.3 Å². The molecule has 0 spiro atoms. The largest absolute Gasteiger partial charge is 0.352 e. The van der Waals surface area contributed by atoms with E-state index in [2.05, 4.69) is 22.8 Å². The predicted molar refractivity (Wildman–Crippen MR) is 83.7 cm³/mol. The van der Waals surface area contributed by atoms with Gasteiger partial charge in [0.05, 0.1) is 0 Å². The van der Waals surface area contributed by atoms with Gasteiger partial charge in [0.1, 0.15) is 0 Å². The van der Waals surface area contributed by atoms with E-state index in [-0.39, 0.29) is 11.3 Å². The molecule has 0 bridgehead atoms. The van der Waals surface area contributed by atoms with Gasteiger partial charge < -0.3 is 5.32 Å². The first-order chi connectivity index (χ1) is 9.78. The van der Waals surface area contributed by atoms with E-state index in [0.717, 1.165) is 12.1 Å². The second kappa shape index (κ2) is 5.63. The van der Waals surface area contributed by atoms with E-state index in [1.807, 2.05) is 36.4 Å². The molecule has 3 rings (SSSR count). The van der Waals surface area contributed by atoms with E-state index >= 15 is 0 Å². The summed E-state index contributed by atoms with van der Waals surface area (Å²) >= 11 is 1.78. The molecule has 0 saturated heterocycles. The number of nitrogens with one attached hydrogen (secondary N) is 1. The topological polar surface area (TPSA) is 29.1 Å². The van der Waals surface area contributed by atoms with Crippen molar-refractivity contribution in [2.24, 2.45) is 0 Å². The lowest BCUT2D eigenvalue weighted by Gasteiger charge is -2.13. The van der Waals surface area contributed by atoms with Crippen LogP contribution >= 0.6 is 11.3 Å².